The molecule has 1 aromatic carbocycles. The molecule has 0 radical (unpaired) electrons. The number of hydrogen-bond acceptors (Lipinski definition) is 6. The zero-order chi connectivity index (χ0) is 24.5. The predicted molar refractivity (Wildman–Crippen MR) is 137 cm³/mol. The third-order valence-corrected chi connectivity index (χ3v) is 6.62. The van der Waals surface area contributed by atoms with Crippen molar-refractivity contribution in [2.75, 3.05) is 5.32 Å². The molecule has 178 valence electrons. The molecule has 1 amide bonds. The van der Waals surface area contributed by atoms with Gasteiger partial charge >= 0.3 is 7.12 Å². The number of rotatable bonds is 6. The topological polar surface area (TPSA) is 126 Å². The third kappa shape index (κ3) is 4.52. The average Bonchev–Trinajstić information content (AvgIpc) is 3.00. The minimum atomic E-state index is -1.51. The molecule has 0 saturated carbocycles. The first-order valence-corrected chi connectivity index (χ1v) is 11.9. The summed E-state index contributed by atoms with van der Waals surface area (Å²) < 4.78 is 1.81. The van der Waals surface area contributed by atoms with Crippen molar-refractivity contribution in [1.29, 1.82) is 0 Å². The first-order chi connectivity index (χ1) is 16.9. The van der Waals surface area contributed by atoms with Gasteiger partial charge in [-0.1, -0.05) is 36.8 Å². The van der Waals surface area contributed by atoms with Gasteiger partial charge in [-0.2, -0.15) is 0 Å². The van der Waals surface area contributed by atoms with Crippen LogP contribution in [0.2, 0.25) is 0 Å². The van der Waals surface area contributed by atoms with Crippen molar-refractivity contribution in [3.05, 3.63) is 76.7 Å². The second-order valence-corrected chi connectivity index (χ2v) is 9.07. The number of hydrogen-bond donors (Lipinski definition) is 4. The Bertz CT molecular complexity index is 1420. The lowest BCUT2D eigenvalue weighted by molar-refractivity contribution is 0.0994. The number of nitrogens with two attached hydrogens (primary N) is 1. The second-order valence-electron chi connectivity index (χ2n) is 9.07. The summed E-state index contributed by atoms with van der Waals surface area (Å²) in [5, 5.41) is 22.5. The Morgan fingerprint density at radius 3 is 2.71 bits per heavy atom. The van der Waals surface area contributed by atoms with E-state index in [2.05, 4.69) is 5.32 Å². The van der Waals surface area contributed by atoms with Crippen molar-refractivity contribution in [3.8, 4) is 11.4 Å². The van der Waals surface area contributed by atoms with E-state index < -0.39 is 13.0 Å². The number of benzene rings is 1. The van der Waals surface area contributed by atoms with Crippen molar-refractivity contribution in [2.45, 2.75) is 45.6 Å². The molecule has 8 nitrogen and oxygen atoms in total. The van der Waals surface area contributed by atoms with Gasteiger partial charge in [0.2, 0.25) is 0 Å². The summed E-state index contributed by atoms with van der Waals surface area (Å²) in [5.74, 6) is 0.929. The Labute approximate surface area is 204 Å². The maximum Gasteiger partial charge on any atom is 0.488 e. The Morgan fingerprint density at radius 1 is 1.11 bits per heavy atom. The number of anilines is 1. The summed E-state index contributed by atoms with van der Waals surface area (Å²) in [6.07, 6.45) is 7.03. The van der Waals surface area contributed by atoms with Crippen LogP contribution in [-0.4, -0.2) is 37.4 Å². The van der Waals surface area contributed by atoms with Crippen LogP contribution in [0.25, 0.3) is 16.9 Å². The number of pyridine rings is 1. The summed E-state index contributed by atoms with van der Waals surface area (Å²) in [6.45, 7) is 2.48. The molecular formula is C26H28BN5O3. The highest BCUT2D eigenvalue weighted by molar-refractivity contribution is 6.58. The fraction of sp³-hybridized carbons (Fsp3) is 0.269. The molecule has 0 bridgehead atoms. The van der Waals surface area contributed by atoms with Crippen molar-refractivity contribution in [1.82, 2.24) is 14.4 Å². The lowest BCUT2D eigenvalue weighted by Crippen LogP contribution is -2.30. The van der Waals surface area contributed by atoms with Crippen LogP contribution in [0.5, 0.6) is 0 Å². The highest BCUT2D eigenvalue weighted by Crippen LogP contribution is 2.33. The predicted octanol–water partition coefficient (Wildman–Crippen LogP) is 2.36. The smallest absolute Gasteiger partial charge is 0.423 e. The number of nitrogens with one attached hydrogen (secondary N) is 1. The lowest BCUT2D eigenvalue weighted by Gasteiger charge is -2.16. The van der Waals surface area contributed by atoms with Gasteiger partial charge in [0.05, 0.1) is 5.52 Å². The van der Waals surface area contributed by atoms with Crippen LogP contribution in [0.1, 0.15) is 52.1 Å². The van der Waals surface area contributed by atoms with E-state index in [1.54, 1.807) is 22.6 Å². The number of primary amides is 1. The van der Waals surface area contributed by atoms with Gasteiger partial charge in [0.25, 0.3) is 5.91 Å². The third-order valence-electron chi connectivity index (χ3n) is 6.62. The van der Waals surface area contributed by atoms with Gasteiger partial charge in [0.15, 0.2) is 5.82 Å². The normalized spacial score (nSPS) is 13.3. The van der Waals surface area contributed by atoms with Gasteiger partial charge in [-0.3, -0.25) is 4.79 Å². The standard InChI is InChI=1S/C26H28BN5O3/c1-16-15-32-21(11-6-12-22(32)24(28)33)23(16)26-30-20-10-4-2-3-9-19(20)25(31-26)29-14-17-7-5-8-18(13-17)27(34)35/h5-8,11-13,15,34-35H,2-4,9-10,14H2,1H3,(H2,28,33)(H,29,30,31). The van der Waals surface area contributed by atoms with Crippen LogP contribution in [-0.2, 0) is 19.4 Å². The van der Waals surface area contributed by atoms with Gasteiger partial charge in [0, 0.05) is 29.6 Å². The fourth-order valence-electron chi connectivity index (χ4n) is 4.89. The Morgan fingerprint density at radius 2 is 1.91 bits per heavy atom. The Balaban J connectivity index is 1.59. The molecule has 0 spiro atoms. The van der Waals surface area contributed by atoms with Crippen LogP contribution in [0.15, 0.2) is 48.7 Å². The number of aromatic nitrogens is 3. The van der Waals surface area contributed by atoms with Gasteiger partial charge in [-0.05, 0) is 61.3 Å². The fourth-order valence-corrected chi connectivity index (χ4v) is 4.89. The number of carbonyl (C=O) groups excluding carboxylic acids is 1. The number of amides is 1. The summed E-state index contributed by atoms with van der Waals surface area (Å²) in [5.41, 5.74) is 12.3. The quantitative estimate of drug-likeness (QED) is 0.254. The molecule has 1 aliphatic rings. The Hall–Kier alpha value is -3.69. The van der Waals surface area contributed by atoms with E-state index >= 15 is 0 Å². The minimum absolute atomic E-state index is 0.413. The first-order valence-electron chi connectivity index (χ1n) is 11.9. The van der Waals surface area contributed by atoms with E-state index in [1.807, 2.05) is 37.4 Å². The van der Waals surface area contributed by atoms with E-state index in [4.69, 9.17) is 15.7 Å². The van der Waals surface area contributed by atoms with Gasteiger partial charge < -0.3 is 25.5 Å². The van der Waals surface area contributed by atoms with Crippen LogP contribution in [0, 0.1) is 6.92 Å². The summed E-state index contributed by atoms with van der Waals surface area (Å²) >= 11 is 0. The highest BCUT2D eigenvalue weighted by atomic mass is 16.4. The van der Waals surface area contributed by atoms with Crippen LogP contribution in [0.4, 0.5) is 5.82 Å². The van der Waals surface area contributed by atoms with Gasteiger partial charge in [0.1, 0.15) is 11.5 Å². The van der Waals surface area contributed by atoms with Gasteiger partial charge in [-0.15, -0.1) is 0 Å². The van der Waals surface area contributed by atoms with E-state index in [-0.39, 0.29) is 0 Å². The molecule has 3 heterocycles. The molecule has 4 aromatic rings. The zero-order valence-electron chi connectivity index (χ0n) is 19.7. The van der Waals surface area contributed by atoms with Crippen molar-refractivity contribution < 1.29 is 14.8 Å². The number of aryl methyl sites for hydroxylation is 2. The summed E-state index contributed by atoms with van der Waals surface area (Å²) in [7, 11) is -1.51. The molecule has 0 saturated heterocycles. The molecule has 9 heteroatoms. The molecule has 3 aromatic heterocycles. The van der Waals surface area contributed by atoms with Crippen molar-refractivity contribution >= 4 is 29.8 Å². The first kappa shape index (κ1) is 23.1. The number of carbonyl (C=O) groups is 1. The molecule has 0 atom stereocenters. The van der Waals surface area contributed by atoms with Crippen LogP contribution in [0.3, 0.4) is 0 Å². The molecular weight excluding hydrogens is 441 g/mol. The molecule has 0 unspecified atom stereocenters. The maximum absolute atomic E-state index is 12.0. The molecule has 0 aliphatic heterocycles. The van der Waals surface area contributed by atoms with E-state index in [0.717, 1.165) is 71.4 Å². The molecule has 1 aliphatic carbocycles. The van der Waals surface area contributed by atoms with E-state index in [9.17, 15) is 14.8 Å². The maximum atomic E-state index is 12.0. The SMILES string of the molecule is Cc1cn2c(C(N)=O)cccc2c1-c1nc2c(c(NCc3cccc(B(O)O)c3)n1)CCCCC2. The minimum Gasteiger partial charge on any atom is -0.423 e. The number of fused-ring (bicyclic) bond motifs is 2. The van der Waals surface area contributed by atoms with E-state index in [1.165, 1.54) is 0 Å². The zero-order valence-corrected chi connectivity index (χ0v) is 19.7. The average molecular weight is 469 g/mol. The van der Waals surface area contributed by atoms with E-state index in [0.29, 0.717) is 23.5 Å². The summed E-state index contributed by atoms with van der Waals surface area (Å²) in [6, 6.07) is 12.7. The molecule has 5 rings (SSSR count). The molecule has 35 heavy (non-hydrogen) atoms. The highest BCUT2D eigenvalue weighted by Gasteiger charge is 2.21. The van der Waals surface area contributed by atoms with Crippen molar-refractivity contribution in [3.63, 3.8) is 0 Å². The lowest BCUT2D eigenvalue weighted by atomic mass is 9.79. The summed E-state index contributed by atoms with van der Waals surface area (Å²) in [4.78, 5) is 22.0. The van der Waals surface area contributed by atoms with Gasteiger partial charge in [-0.25, -0.2) is 9.97 Å². The molecule has 0 fully saturated rings. The van der Waals surface area contributed by atoms with Crippen molar-refractivity contribution in [2.24, 2.45) is 5.73 Å². The number of nitrogens with zero attached hydrogens (tertiary/aromatic N) is 3. The molecule has 5 N–H and O–H groups in total. The van der Waals surface area contributed by atoms with Crippen LogP contribution >= 0.6 is 0 Å². The second kappa shape index (κ2) is 9.52. The largest absolute Gasteiger partial charge is 0.488 e. The monoisotopic (exact) mass is 469 g/mol. The van der Waals surface area contributed by atoms with Crippen LogP contribution < -0.4 is 16.5 Å². The Kier molecular flexibility index (Phi) is 6.28.